The van der Waals surface area contributed by atoms with Crippen molar-refractivity contribution in [1.82, 2.24) is 4.90 Å². The molecule has 1 heterocycles. The highest BCUT2D eigenvalue weighted by Gasteiger charge is 2.27. The number of carbonyl (C=O) groups is 1. The maximum absolute atomic E-state index is 13.8. The van der Waals surface area contributed by atoms with Crippen molar-refractivity contribution in [2.75, 3.05) is 19.7 Å². The molecular weight excluding hydrogens is 445 g/mol. The molecule has 0 amide bonds. The van der Waals surface area contributed by atoms with E-state index in [-0.39, 0.29) is 30.2 Å². The minimum Gasteiger partial charge on any atom is -0.481 e. The predicted octanol–water partition coefficient (Wildman–Crippen LogP) is 5.40. The van der Waals surface area contributed by atoms with Crippen molar-refractivity contribution in [3.8, 4) is 0 Å². The number of hydrogen-bond acceptors (Lipinski definition) is 4. The van der Waals surface area contributed by atoms with E-state index < -0.39 is 17.9 Å². The number of allylic oxidation sites excluding steroid dienone is 2. The molecular formula is C26H37ClFNO4. The highest BCUT2D eigenvalue weighted by molar-refractivity contribution is 6.30. The molecule has 1 unspecified atom stereocenters. The predicted molar refractivity (Wildman–Crippen MR) is 130 cm³/mol. The highest BCUT2D eigenvalue weighted by atomic mass is 35.5. The van der Waals surface area contributed by atoms with Crippen molar-refractivity contribution < 1.29 is 24.1 Å². The Kier molecular flexibility index (Phi) is 11.5. The van der Waals surface area contributed by atoms with Gasteiger partial charge in [-0.2, -0.15) is 0 Å². The Balaban J connectivity index is 1.89. The molecule has 0 spiro atoms. The molecule has 0 saturated carbocycles. The number of carboxylic acids is 1. The van der Waals surface area contributed by atoms with Crippen molar-refractivity contribution >= 4 is 17.6 Å². The van der Waals surface area contributed by atoms with Gasteiger partial charge < -0.3 is 14.9 Å². The fraction of sp³-hybridized carbons (Fsp3) is 0.577. The van der Waals surface area contributed by atoms with Crippen LogP contribution in [0.1, 0.15) is 58.4 Å². The average Bonchev–Trinajstić information content (AvgIpc) is 3.19. The molecule has 7 heteroatoms. The summed E-state index contributed by atoms with van der Waals surface area (Å²) in [5.74, 6) is -1.22. The van der Waals surface area contributed by atoms with Crippen molar-refractivity contribution in [1.29, 1.82) is 0 Å². The number of ether oxygens (including phenoxy) is 1. The molecule has 1 aliphatic heterocycles. The SMILES string of the molecule is C/C=C(\C(=C/CC)CCC(=O)O)[C@@H](C)OCC(O)CN1CCC[C@H]1Cc1ccc(Cl)c(F)c1. The summed E-state index contributed by atoms with van der Waals surface area (Å²) >= 11 is 5.79. The van der Waals surface area contributed by atoms with E-state index in [2.05, 4.69) is 4.90 Å². The number of benzene rings is 1. The van der Waals surface area contributed by atoms with Gasteiger partial charge in [0.15, 0.2) is 0 Å². The Morgan fingerprint density at radius 2 is 2.15 bits per heavy atom. The first-order valence-electron chi connectivity index (χ1n) is 11.8. The fourth-order valence-corrected chi connectivity index (χ4v) is 4.62. The van der Waals surface area contributed by atoms with E-state index in [1.807, 2.05) is 39.0 Å². The van der Waals surface area contributed by atoms with Crippen molar-refractivity contribution in [2.45, 2.75) is 77.5 Å². The Hall–Kier alpha value is -1.73. The van der Waals surface area contributed by atoms with Gasteiger partial charge in [0.25, 0.3) is 0 Å². The van der Waals surface area contributed by atoms with Crippen LogP contribution in [-0.4, -0.2) is 59.0 Å². The second kappa shape index (κ2) is 13.9. The van der Waals surface area contributed by atoms with Gasteiger partial charge in [-0.05, 0) is 81.3 Å². The Labute approximate surface area is 201 Å². The van der Waals surface area contributed by atoms with Crippen LogP contribution in [0.2, 0.25) is 5.02 Å². The smallest absolute Gasteiger partial charge is 0.303 e. The number of β-amino-alcohol motifs (C(OH)–C–C–N with tert-alkyl or cyclic N) is 1. The summed E-state index contributed by atoms with van der Waals surface area (Å²) in [6.45, 7) is 7.45. The van der Waals surface area contributed by atoms with Crippen LogP contribution in [0.3, 0.4) is 0 Å². The molecule has 0 aliphatic carbocycles. The topological polar surface area (TPSA) is 70.0 Å². The van der Waals surface area contributed by atoms with E-state index in [0.29, 0.717) is 13.0 Å². The van der Waals surface area contributed by atoms with Gasteiger partial charge in [0, 0.05) is 19.0 Å². The lowest BCUT2D eigenvalue weighted by molar-refractivity contribution is -0.136. The standard InChI is InChI=1S/C26H37ClFNO4/c1-4-7-20(10-12-26(31)32)23(5-2)18(3)33-17-22(30)16-29-13-6-8-21(29)14-19-9-11-24(27)25(28)15-19/h5,7,9,11,15,18,21-22,30H,4,6,8,10,12-14,16-17H2,1-3H3,(H,31,32)/b20-7-,23-5-/t18-,21+,22?/m1/s1. The minimum atomic E-state index is -0.821. The Morgan fingerprint density at radius 3 is 2.79 bits per heavy atom. The molecule has 1 aliphatic rings. The number of aliphatic carboxylic acids is 1. The van der Waals surface area contributed by atoms with Crippen LogP contribution >= 0.6 is 11.6 Å². The monoisotopic (exact) mass is 481 g/mol. The molecule has 0 bridgehead atoms. The molecule has 184 valence electrons. The zero-order valence-electron chi connectivity index (χ0n) is 19.9. The first kappa shape index (κ1) is 27.5. The summed E-state index contributed by atoms with van der Waals surface area (Å²) in [6, 6.07) is 5.18. The van der Waals surface area contributed by atoms with Crippen molar-refractivity contribution in [2.24, 2.45) is 0 Å². The third kappa shape index (κ3) is 8.85. The maximum atomic E-state index is 13.8. The summed E-state index contributed by atoms with van der Waals surface area (Å²) in [5.41, 5.74) is 2.86. The molecule has 2 N–H and O–H groups in total. The summed E-state index contributed by atoms with van der Waals surface area (Å²) < 4.78 is 19.8. The van der Waals surface area contributed by atoms with E-state index in [1.165, 1.54) is 6.07 Å². The van der Waals surface area contributed by atoms with Crippen LogP contribution in [0.15, 0.2) is 41.5 Å². The van der Waals surface area contributed by atoms with E-state index >= 15 is 0 Å². The number of rotatable bonds is 13. The molecule has 5 nitrogen and oxygen atoms in total. The number of hydrogen-bond donors (Lipinski definition) is 2. The van der Waals surface area contributed by atoms with Gasteiger partial charge in [-0.1, -0.05) is 36.7 Å². The summed E-state index contributed by atoms with van der Waals surface area (Å²) in [6.07, 6.45) is 7.23. The van der Waals surface area contributed by atoms with Gasteiger partial charge in [-0.15, -0.1) is 0 Å². The second-order valence-electron chi connectivity index (χ2n) is 8.65. The van der Waals surface area contributed by atoms with Crippen molar-refractivity contribution in [3.63, 3.8) is 0 Å². The average molecular weight is 482 g/mol. The van der Waals surface area contributed by atoms with Crippen LogP contribution in [0, 0.1) is 5.82 Å². The van der Waals surface area contributed by atoms with E-state index in [0.717, 1.165) is 48.9 Å². The minimum absolute atomic E-state index is 0.0758. The van der Waals surface area contributed by atoms with Crippen LogP contribution < -0.4 is 0 Å². The normalized spacial score (nSPS) is 19.6. The molecule has 1 aromatic rings. The third-order valence-corrected chi connectivity index (χ3v) is 6.42. The highest BCUT2D eigenvalue weighted by Crippen LogP contribution is 2.25. The molecule has 33 heavy (non-hydrogen) atoms. The number of likely N-dealkylation sites (tertiary alicyclic amines) is 1. The summed E-state index contributed by atoms with van der Waals surface area (Å²) in [7, 11) is 0. The lowest BCUT2D eigenvalue weighted by Crippen LogP contribution is -2.39. The van der Waals surface area contributed by atoms with Gasteiger partial charge >= 0.3 is 5.97 Å². The molecule has 0 aromatic heterocycles. The lowest BCUT2D eigenvalue weighted by atomic mass is 9.96. The number of nitrogens with zero attached hydrogens (tertiary/aromatic N) is 1. The molecule has 1 fully saturated rings. The number of aliphatic hydroxyl groups excluding tert-OH is 1. The molecule has 2 rings (SSSR count). The molecule has 1 saturated heterocycles. The first-order valence-corrected chi connectivity index (χ1v) is 12.2. The van der Waals surface area contributed by atoms with Crippen LogP contribution in [0.5, 0.6) is 0 Å². The number of halogens is 2. The van der Waals surface area contributed by atoms with E-state index in [1.54, 1.807) is 6.07 Å². The summed E-state index contributed by atoms with van der Waals surface area (Å²) in [4.78, 5) is 13.2. The number of carboxylic acid groups (broad SMARTS) is 1. The van der Waals surface area contributed by atoms with Gasteiger partial charge in [-0.3, -0.25) is 9.69 Å². The molecule has 1 aromatic carbocycles. The van der Waals surface area contributed by atoms with Gasteiger partial charge in [0.1, 0.15) is 5.82 Å². The maximum Gasteiger partial charge on any atom is 0.303 e. The van der Waals surface area contributed by atoms with Crippen LogP contribution in [-0.2, 0) is 16.0 Å². The van der Waals surface area contributed by atoms with E-state index in [9.17, 15) is 14.3 Å². The third-order valence-electron chi connectivity index (χ3n) is 6.12. The Morgan fingerprint density at radius 1 is 1.39 bits per heavy atom. The zero-order valence-corrected chi connectivity index (χ0v) is 20.7. The van der Waals surface area contributed by atoms with Gasteiger partial charge in [0.2, 0.25) is 0 Å². The lowest BCUT2D eigenvalue weighted by Gasteiger charge is -2.28. The van der Waals surface area contributed by atoms with Crippen LogP contribution in [0.25, 0.3) is 0 Å². The molecule has 0 radical (unpaired) electrons. The molecule has 3 atom stereocenters. The van der Waals surface area contributed by atoms with Crippen molar-refractivity contribution in [3.05, 3.63) is 57.9 Å². The van der Waals surface area contributed by atoms with Crippen LogP contribution in [0.4, 0.5) is 4.39 Å². The van der Waals surface area contributed by atoms with Gasteiger partial charge in [0.05, 0.1) is 23.8 Å². The fourth-order valence-electron chi connectivity index (χ4n) is 4.51. The zero-order chi connectivity index (χ0) is 24.4. The largest absolute Gasteiger partial charge is 0.481 e. The Bertz CT molecular complexity index is 842. The summed E-state index contributed by atoms with van der Waals surface area (Å²) in [5, 5.41) is 19.8. The number of aliphatic hydroxyl groups is 1. The van der Waals surface area contributed by atoms with E-state index in [4.69, 9.17) is 21.4 Å². The quantitative estimate of drug-likeness (QED) is 0.369. The second-order valence-corrected chi connectivity index (χ2v) is 9.06. The van der Waals surface area contributed by atoms with Gasteiger partial charge in [-0.25, -0.2) is 4.39 Å². The first-order chi connectivity index (χ1) is 15.7.